The molecule has 1 N–H and O–H groups in total. The zero-order chi connectivity index (χ0) is 10.6. The van der Waals surface area contributed by atoms with E-state index in [-0.39, 0.29) is 6.61 Å². The fraction of sp³-hybridized carbons (Fsp3) is 0.300. The third-order valence-electron chi connectivity index (χ3n) is 1.70. The summed E-state index contributed by atoms with van der Waals surface area (Å²) >= 11 is 3.26. The van der Waals surface area contributed by atoms with Gasteiger partial charge in [0.2, 0.25) is 0 Å². The Labute approximate surface area is 90.8 Å². The average Bonchev–Trinajstić information content (AvgIpc) is 2.18. The lowest BCUT2D eigenvalue weighted by molar-refractivity contribution is -0.153. The number of ether oxygens (including phenoxy) is 1. The monoisotopic (exact) mass is 258 g/mol. The van der Waals surface area contributed by atoms with E-state index in [4.69, 9.17) is 0 Å². The maximum absolute atomic E-state index is 11.1. The maximum Gasteiger partial charge on any atom is 0.339 e. The van der Waals surface area contributed by atoms with Crippen LogP contribution in [0.2, 0.25) is 0 Å². The summed E-state index contributed by atoms with van der Waals surface area (Å²) in [4.78, 5) is 11.1. The fourth-order valence-electron chi connectivity index (χ4n) is 1.00. The highest BCUT2D eigenvalue weighted by Crippen LogP contribution is 2.17. The van der Waals surface area contributed by atoms with E-state index in [0.29, 0.717) is 5.56 Å². The van der Waals surface area contributed by atoms with Crippen molar-refractivity contribution in [2.75, 3.05) is 6.61 Å². The minimum Gasteiger partial charge on any atom is -0.464 e. The summed E-state index contributed by atoms with van der Waals surface area (Å²) in [5.74, 6) is -0.616. The van der Waals surface area contributed by atoms with Crippen molar-refractivity contribution in [1.82, 2.24) is 0 Å². The van der Waals surface area contributed by atoms with Crippen LogP contribution < -0.4 is 0 Å². The molecule has 0 fully saturated rings. The van der Waals surface area contributed by atoms with Gasteiger partial charge in [-0.05, 0) is 24.6 Å². The molecule has 0 amide bonds. The molecule has 14 heavy (non-hydrogen) atoms. The third kappa shape index (κ3) is 2.82. The van der Waals surface area contributed by atoms with Crippen LogP contribution in [0.25, 0.3) is 0 Å². The highest BCUT2D eigenvalue weighted by atomic mass is 79.9. The van der Waals surface area contributed by atoms with Crippen LogP contribution in [0, 0.1) is 0 Å². The lowest BCUT2D eigenvalue weighted by atomic mass is 10.1. The maximum atomic E-state index is 11.1. The van der Waals surface area contributed by atoms with Crippen LogP contribution in [0.3, 0.4) is 0 Å². The topological polar surface area (TPSA) is 46.5 Å². The van der Waals surface area contributed by atoms with Crippen LogP contribution >= 0.6 is 15.9 Å². The first-order chi connectivity index (χ1) is 6.65. The standard InChI is InChI=1S/C10H11BrO3/c1-2-14-10(13)9(12)7-3-5-8(11)6-4-7/h3-6,9,12H,2H2,1H3/t9-/m1/s1. The average molecular weight is 259 g/mol. The number of hydrogen-bond acceptors (Lipinski definition) is 3. The lowest BCUT2D eigenvalue weighted by Gasteiger charge is -2.09. The molecule has 0 saturated carbocycles. The number of carbonyl (C=O) groups is 1. The van der Waals surface area contributed by atoms with Crippen molar-refractivity contribution in [1.29, 1.82) is 0 Å². The number of halogens is 1. The van der Waals surface area contributed by atoms with Crippen LogP contribution in [0.4, 0.5) is 0 Å². The second-order valence-electron chi connectivity index (χ2n) is 2.71. The number of aliphatic hydroxyl groups is 1. The van der Waals surface area contributed by atoms with Gasteiger partial charge in [-0.25, -0.2) is 4.79 Å². The van der Waals surface area contributed by atoms with E-state index in [0.717, 1.165) is 4.47 Å². The molecule has 1 rings (SSSR count). The normalized spacial score (nSPS) is 12.2. The predicted octanol–water partition coefficient (Wildman–Crippen LogP) is 2.05. The molecular weight excluding hydrogens is 248 g/mol. The summed E-state index contributed by atoms with van der Waals surface area (Å²) in [6, 6.07) is 6.87. The molecule has 4 heteroatoms. The van der Waals surface area contributed by atoms with E-state index >= 15 is 0 Å². The molecule has 76 valence electrons. The van der Waals surface area contributed by atoms with Crippen molar-refractivity contribution in [2.24, 2.45) is 0 Å². The van der Waals surface area contributed by atoms with Crippen molar-refractivity contribution < 1.29 is 14.6 Å². The number of rotatable bonds is 3. The van der Waals surface area contributed by atoms with E-state index in [2.05, 4.69) is 20.7 Å². The molecule has 0 aliphatic carbocycles. The van der Waals surface area contributed by atoms with Crippen LogP contribution in [0.5, 0.6) is 0 Å². The van der Waals surface area contributed by atoms with Crippen LogP contribution in [0.1, 0.15) is 18.6 Å². The number of aliphatic hydroxyl groups excluding tert-OH is 1. The fourth-order valence-corrected chi connectivity index (χ4v) is 1.27. The summed E-state index contributed by atoms with van der Waals surface area (Å²) in [7, 11) is 0. The van der Waals surface area contributed by atoms with Gasteiger partial charge in [0.1, 0.15) is 0 Å². The first-order valence-electron chi connectivity index (χ1n) is 4.25. The highest BCUT2D eigenvalue weighted by molar-refractivity contribution is 9.10. The van der Waals surface area contributed by atoms with Gasteiger partial charge in [0.25, 0.3) is 0 Å². The van der Waals surface area contributed by atoms with Gasteiger partial charge in [-0.3, -0.25) is 0 Å². The molecule has 1 aromatic carbocycles. The van der Waals surface area contributed by atoms with Gasteiger partial charge in [-0.2, -0.15) is 0 Å². The number of hydrogen-bond donors (Lipinski definition) is 1. The summed E-state index contributed by atoms with van der Waals surface area (Å²) in [5, 5.41) is 9.52. The van der Waals surface area contributed by atoms with Crippen molar-refractivity contribution in [3.05, 3.63) is 34.3 Å². The summed E-state index contributed by atoms with van der Waals surface area (Å²) in [6.45, 7) is 1.97. The SMILES string of the molecule is CCOC(=O)[C@H](O)c1ccc(Br)cc1. The van der Waals surface area contributed by atoms with E-state index in [1.54, 1.807) is 31.2 Å². The van der Waals surface area contributed by atoms with Gasteiger partial charge in [0.15, 0.2) is 6.10 Å². The summed E-state index contributed by atoms with van der Waals surface area (Å²) in [6.07, 6.45) is -1.19. The molecule has 0 heterocycles. The van der Waals surface area contributed by atoms with Gasteiger partial charge in [-0.1, -0.05) is 28.1 Å². The molecular formula is C10H11BrO3. The van der Waals surface area contributed by atoms with E-state index in [9.17, 15) is 9.90 Å². The zero-order valence-electron chi connectivity index (χ0n) is 7.74. The largest absolute Gasteiger partial charge is 0.464 e. The minimum atomic E-state index is -1.19. The number of esters is 1. The Morgan fingerprint density at radius 1 is 1.50 bits per heavy atom. The first-order valence-corrected chi connectivity index (χ1v) is 5.04. The summed E-state index contributed by atoms with van der Waals surface area (Å²) < 4.78 is 5.59. The summed E-state index contributed by atoms with van der Waals surface area (Å²) in [5.41, 5.74) is 0.534. The molecule has 0 radical (unpaired) electrons. The van der Waals surface area contributed by atoms with Gasteiger partial charge in [0.05, 0.1) is 6.61 Å². The lowest BCUT2D eigenvalue weighted by Crippen LogP contribution is -2.15. The Kier molecular flexibility index (Phi) is 4.10. The Morgan fingerprint density at radius 3 is 2.57 bits per heavy atom. The number of carbonyl (C=O) groups excluding carboxylic acids is 1. The Morgan fingerprint density at radius 2 is 2.07 bits per heavy atom. The van der Waals surface area contributed by atoms with Crippen LogP contribution in [-0.4, -0.2) is 17.7 Å². The van der Waals surface area contributed by atoms with E-state index in [1.807, 2.05) is 0 Å². The second kappa shape index (κ2) is 5.12. The third-order valence-corrected chi connectivity index (χ3v) is 2.22. The van der Waals surface area contributed by atoms with Crippen LogP contribution in [-0.2, 0) is 9.53 Å². The van der Waals surface area contributed by atoms with Gasteiger partial charge in [0, 0.05) is 4.47 Å². The van der Waals surface area contributed by atoms with Crippen molar-refractivity contribution in [3.63, 3.8) is 0 Å². The smallest absolute Gasteiger partial charge is 0.339 e. The van der Waals surface area contributed by atoms with Gasteiger partial charge in [-0.15, -0.1) is 0 Å². The van der Waals surface area contributed by atoms with Crippen LogP contribution in [0.15, 0.2) is 28.7 Å². The quantitative estimate of drug-likeness (QED) is 0.845. The minimum absolute atomic E-state index is 0.270. The molecule has 1 aromatic rings. The van der Waals surface area contributed by atoms with E-state index in [1.165, 1.54) is 0 Å². The Bertz CT molecular complexity index is 308. The van der Waals surface area contributed by atoms with Crippen molar-refractivity contribution >= 4 is 21.9 Å². The van der Waals surface area contributed by atoms with Gasteiger partial charge < -0.3 is 9.84 Å². The Hall–Kier alpha value is -0.870. The zero-order valence-corrected chi connectivity index (χ0v) is 9.32. The highest BCUT2D eigenvalue weighted by Gasteiger charge is 2.17. The molecule has 0 unspecified atom stereocenters. The number of benzene rings is 1. The van der Waals surface area contributed by atoms with Crippen molar-refractivity contribution in [2.45, 2.75) is 13.0 Å². The molecule has 0 spiro atoms. The molecule has 0 aliphatic rings. The predicted molar refractivity (Wildman–Crippen MR) is 55.7 cm³/mol. The van der Waals surface area contributed by atoms with Crippen molar-refractivity contribution in [3.8, 4) is 0 Å². The molecule has 0 aliphatic heterocycles. The van der Waals surface area contributed by atoms with Gasteiger partial charge >= 0.3 is 5.97 Å². The molecule has 0 saturated heterocycles. The Balaban J connectivity index is 2.73. The molecule has 3 nitrogen and oxygen atoms in total. The molecule has 0 aromatic heterocycles. The second-order valence-corrected chi connectivity index (χ2v) is 3.62. The molecule has 1 atom stereocenters. The first kappa shape index (κ1) is 11.2. The van der Waals surface area contributed by atoms with E-state index < -0.39 is 12.1 Å². The molecule has 0 bridgehead atoms.